The van der Waals surface area contributed by atoms with Crippen LogP contribution in [0, 0.1) is 0 Å². The van der Waals surface area contributed by atoms with Crippen molar-refractivity contribution < 1.29 is 14.4 Å². The van der Waals surface area contributed by atoms with Crippen LogP contribution in [-0.2, 0) is 7.05 Å². The number of amides is 1. The van der Waals surface area contributed by atoms with Gasteiger partial charge < -0.3 is 26.3 Å². The van der Waals surface area contributed by atoms with E-state index in [0.717, 1.165) is 6.42 Å². The van der Waals surface area contributed by atoms with E-state index in [1.165, 1.54) is 0 Å². The van der Waals surface area contributed by atoms with Crippen molar-refractivity contribution in [3.63, 3.8) is 0 Å². The molecule has 0 radical (unpaired) electrons. The summed E-state index contributed by atoms with van der Waals surface area (Å²) in [5, 5.41) is 9.40. The predicted octanol–water partition coefficient (Wildman–Crippen LogP) is 2.79. The molecule has 0 saturated carbocycles. The van der Waals surface area contributed by atoms with Crippen LogP contribution in [0.5, 0.6) is 0 Å². The number of nitrogens with one attached hydrogen (secondary N) is 3. The summed E-state index contributed by atoms with van der Waals surface area (Å²) in [6, 6.07) is 14.2. The number of benzene rings is 2. The molecule has 1 aromatic heterocycles. The Morgan fingerprint density at radius 2 is 1.41 bits per heavy atom. The van der Waals surface area contributed by atoms with E-state index < -0.39 is 0 Å². The van der Waals surface area contributed by atoms with Crippen LogP contribution in [0.3, 0.4) is 0 Å². The van der Waals surface area contributed by atoms with E-state index in [4.69, 9.17) is 5.73 Å². The van der Waals surface area contributed by atoms with Gasteiger partial charge in [-0.2, -0.15) is 0 Å². The van der Waals surface area contributed by atoms with E-state index in [9.17, 15) is 14.4 Å². The Morgan fingerprint density at radius 3 is 1.94 bits per heavy atom. The van der Waals surface area contributed by atoms with Crippen molar-refractivity contribution >= 4 is 28.8 Å². The zero-order valence-corrected chi connectivity index (χ0v) is 19.2. The van der Waals surface area contributed by atoms with Crippen LogP contribution in [0.2, 0.25) is 0 Å². The standard InChI is InChI=1S/C26H29N5O3/c1-31-16-4-11-21(31)26(34)30-15-6-14-29-20-10-3-8-18-23(20)25(33)17-7-2-9-19(22(17)24(18)32)28-13-5-12-27/h2-4,7-11,16,28-29H,5-6,12-15,27H2,1H3,(H,30,34). The number of nitrogens with zero attached hydrogens (tertiary/aromatic N) is 1. The smallest absolute Gasteiger partial charge is 0.267 e. The first kappa shape index (κ1) is 23.3. The SMILES string of the molecule is Cn1cccc1C(=O)NCCCNc1cccc2c1C(=O)c1cccc(NCCCN)c1C2=O. The van der Waals surface area contributed by atoms with Crippen LogP contribution in [-0.4, -0.2) is 48.2 Å². The van der Waals surface area contributed by atoms with E-state index in [-0.39, 0.29) is 17.5 Å². The Hall–Kier alpha value is -3.91. The number of aromatic nitrogens is 1. The van der Waals surface area contributed by atoms with Crippen LogP contribution < -0.4 is 21.7 Å². The van der Waals surface area contributed by atoms with E-state index in [0.29, 0.717) is 71.9 Å². The maximum Gasteiger partial charge on any atom is 0.267 e. The molecule has 1 heterocycles. The minimum absolute atomic E-state index is 0.127. The average molecular weight is 460 g/mol. The molecule has 0 aliphatic heterocycles. The highest BCUT2D eigenvalue weighted by atomic mass is 16.2. The van der Waals surface area contributed by atoms with Gasteiger partial charge >= 0.3 is 0 Å². The summed E-state index contributed by atoms with van der Waals surface area (Å²) < 4.78 is 1.77. The van der Waals surface area contributed by atoms with Gasteiger partial charge in [0.25, 0.3) is 5.91 Å². The number of aryl methyl sites for hydroxylation is 1. The molecule has 0 bridgehead atoms. The van der Waals surface area contributed by atoms with E-state index in [2.05, 4.69) is 16.0 Å². The van der Waals surface area contributed by atoms with Crippen LogP contribution in [0.1, 0.15) is 55.2 Å². The van der Waals surface area contributed by atoms with Gasteiger partial charge in [0.05, 0.1) is 11.1 Å². The van der Waals surface area contributed by atoms with Gasteiger partial charge in [-0.3, -0.25) is 14.4 Å². The molecule has 8 heteroatoms. The van der Waals surface area contributed by atoms with E-state index in [1.807, 2.05) is 25.4 Å². The molecule has 0 unspecified atom stereocenters. The number of hydrogen-bond acceptors (Lipinski definition) is 6. The number of rotatable bonds is 10. The molecule has 1 aliphatic rings. The molecule has 0 saturated heterocycles. The Bertz CT molecular complexity index is 1230. The van der Waals surface area contributed by atoms with Crippen molar-refractivity contribution in [3.05, 3.63) is 82.7 Å². The molecule has 5 N–H and O–H groups in total. The second kappa shape index (κ2) is 10.4. The molecule has 0 atom stereocenters. The van der Waals surface area contributed by atoms with Gasteiger partial charge in [0.2, 0.25) is 0 Å². The van der Waals surface area contributed by atoms with Crippen molar-refractivity contribution in [2.45, 2.75) is 12.8 Å². The van der Waals surface area contributed by atoms with Crippen molar-refractivity contribution in [2.24, 2.45) is 12.8 Å². The number of carbonyl (C=O) groups excluding carboxylic acids is 3. The second-order valence-corrected chi connectivity index (χ2v) is 8.22. The third kappa shape index (κ3) is 4.58. The van der Waals surface area contributed by atoms with Gasteiger partial charge in [0, 0.05) is 55.4 Å². The monoisotopic (exact) mass is 459 g/mol. The van der Waals surface area contributed by atoms with E-state index >= 15 is 0 Å². The highest BCUT2D eigenvalue weighted by molar-refractivity contribution is 6.31. The zero-order chi connectivity index (χ0) is 24.1. The zero-order valence-electron chi connectivity index (χ0n) is 19.2. The molecule has 4 rings (SSSR count). The summed E-state index contributed by atoms with van der Waals surface area (Å²) in [6.07, 6.45) is 3.25. The lowest BCUT2D eigenvalue weighted by Crippen LogP contribution is -2.28. The first-order valence-corrected chi connectivity index (χ1v) is 11.5. The molecule has 34 heavy (non-hydrogen) atoms. The Balaban J connectivity index is 1.44. The lowest BCUT2D eigenvalue weighted by atomic mass is 9.82. The third-order valence-corrected chi connectivity index (χ3v) is 5.90. The predicted molar refractivity (Wildman–Crippen MR) is 133 cm³/mol. The highest BCUT2D eigenvalue weighted by Gasteiger charge is 2.33. The average Bonchev–Trinajstić information content (AvgIpc) is 3.28. The molecule has 0 fully saturated rings. The van der Waals surface area contributed by atoms with Gasteiger partial charge in [0.1, 0.15) is 5.69 Å². The van der Waals surface area contributed by atoms with E-state index in [1.54, 1.807) is 41.0 Å². The molecule has 3 aromatic rings. The largest absolute Gasteiger partial charge is 0.384 e. The number of nitrogens with two attached hydrogens (primary N) is 1. The maximum atomic E-state index is 13.4. The Morgan fingerprint density at radius 1 is 0.824 bits per heavy atom. The van der Waals surface area contributed by atoms with Gasteiger partial charge in [-0.25, -0.2) is 0 Å². The van der Waals surface area contributed by atoms with Crippen LogP contribution in [0.25, 0.3) is 0 Å². The summed E-state index contributed by atoms with van der Waals surface area (Å²) in [4.78, 5) is 39.0. The second-order valence-electron chi connectivity index (χ2n) is 8.22. The van der Waals surface area contributed by atoms with Crippen LogP contribution in [0.4, 0.5) is 11.4 Å². The maximum absolute atomic E-state index is 13.4. The first-order chi connectivity index (χ1) is 16.5. The number of carbonyl (C=O) groups is 3. The fourth-order valence-electron chi connectivity index (χ4n) is 4.16. The molecular formula is C26H29N5O3. The summed E-state index contributed by atoms with van der Waals surface area (Å²) in [5.41, 5.74) is 9.06. The normalized spacial score (nSPS) is 12.2. The van der Waals surface area contributed by atoms with Crippen molar-refractivity contribution in [1.29, 1.82) is 0 Å². The first-order valence-electron chi connectivity index (χ1n) is 11.5. The molecule has 1 amide bonds. The Labute approximate surface area is 198 Å². The van der Waals surface area contributed by atoms with Crippen LogP contribution >= 0.6 is 0 Å². The summed E-state index contributed by atoms with van der Waals surface area (Å²) in [5.74, 6) is -0.469. The van der Waals surface area contributed by atoms with Crippen molar-refractivity contribution in [2.75, 3.05) is 36.8 Å². The number of fused-ring (bicyclic) bond motifs is 2. The topological polar surface area (TPSA) is 118 Å². The third-order valence-electron chi connectivity index (χ3n) is 5.90. The quantitative estimate of drug-likeness (QED) is 0.271. The summed E-state index contributed by atoms with van der Waals surface area (Å²) >= 11 is 0. The number of ketones is 2. The van der Waals surface area contributed by atoms with Gasteiger partial charge in [-0.15, -0.1) is 0 Å². The minimum atomic E-state index is -0.174. The molecule has 2 aromatic carbocycles. The van der Waals surface area contributed by atoms with Crippen molar-refractivity contribution in [3.8, 4) is 0 Å². The number of anilines is 2. The fraction of sp³-hybridized carbons (Fsp3) is 0.269. The molecule has 1 aliphatic carbocycles. The van der Waals surface area contributed by atoms with Crippen molar-refractivity contribution in [1.82, 2.24) is 9.88 Å². The van der Waals surface area contributed by atoms with Gasteiger partial charge in [-0.05, 0) is 43.7 Å². The lowest BCUT2D eigenvalue weighted by Gasteiger charge is -2.23. The van der Waals surface area contributed by atoms with Crippen LogP contribution in [0.15, 0.2) is 54.7 Å². The minimum Gasteiger partial charge on any atom is -0.384 e. The highest BCUT2D eigenvalue weighted by Crippen LogP contribution is 2.35. The lowest BCUT2D eigenvalue weighted by molar-refractivity contribution is 0.0944. The number of hydrogen-bond donors (Lipinski definition) is 4. The summed E-state index contributed by atoms with van der Waals surface area (Å²) in [6.45, 7) is 2.20. The Kier molecular flexibility index (Phi) is 7.08. The molecule has 8 nitrogen and oxygen atoms in total. The molecule has 176 valence electrons. The van der Waals surface area contributed by atoms with Gasteiger partial charge in [-0.1, -0.05) is 24.3 Å². The molecular weight excluding hydrogens is 430 g/mol. The van der Waals surface area contributed by atoms with Gasteiger partial charge in [0.15, 0.2) is 11.6 Å². The molecule has 0 spiro atoms. The summed E-state index contributed by atoms with van der Waals surface area (Å²) in [7, 11) is 1.82. The fourth-order valence-corrected chi connectivity index (χ4v) is 4.16.